The molecule has 4 aromatic heterocycles. The van der Waals surface area contributed by atoms with E-state index >= 15 is 0 Å². The molecule has 0 radical (unpaired) electrons. The zero-order valence-electron chi connectivity index (χ0n) is 20.7. The highest BCUT2D eigenvalue weighted by molar-refractivity contribution is 7.99. The molecular formula is C27H28N8OS. The molecule has 0 unspecified atom stereocenters. The zero-order chi connectivity index (χ0) is 25.4. The lowest BCUT2D eigenvalue weighted by molar-refractivity contribution is -0.136. The molecule has 2 aliphatic heterocycles. The molecule has 2 aliphatic rings. The number of fused-ring (bicyclic) bond motifs is 1. The molecule has 2 saturated heterocycles. The minimum Gasteiger partial charge on any atom is -0.341 e. The average Bonchev–Trinajstić information content (AvgIpc) is 3.68. The van der Waals surface area contributed by atoms with Gasteiger partial charge in [0.1, 0.15) is 11.1 Å². The first-order valence-electron chi connectivity index (χ1n) is 12.6. The number of carbonyl (C=O) groups excluding carboxylic acids is 1. The first-order chi connectivity index (χ1) is 18.1. The SMILES string of the molecule is CN1CCC[C@@H]1C(=O)N1CCC(n2cc(-c3cc(Sc4ccccn4)c4c(C#N)cnn4c3)cn2)CC1. The van der Waals surface area contributed by atoms with Gasteiger partial charge in [-0.1, -0.05) is 17.8 Å². The minimum atomic E-state index is 0.0461. The van der Waals surface area contributed by atoms with E-state index in [1.165, 1.54) is 11.8 Å². The highest BCUT2D eigenvalue weighted by Gasteiger charge is 2.33. The average molecular weight is 513 g/mol. The second-order valence-corrected chi connectivity index (χ2v) is 10.8. The summed E-state index contributed by atoms with van der Waals surface area (Å²) in [5.74, 6) is 0.279. The predicted molar refractivity (Wildman–Crippen MR) is 140 cm³/mol. The maximum Gasteiger partial charge on any atom is 0.239 e. The molecule has 0 bridgehead atoms. The molecule has 0 saturated carbocycles. The summed E-state index contributed by atoms with van der Waals surface area (Å²) in [4.78, 5) is 22.5. The van der Waals surface area contributed by atoms with E-state index in [1.807, 2.05) is 40.2 Å². The fraction of sp³-hybridized carbons (Fsp3) is 0.370. The van der Waals surface area contributed by atoms with Gasteiger partial charge < -0.3 is 4.90 Å². The van der Waals surface area contributed by atoms with Crippen molar-refractivity contribution in [3.63, 3.8) is 0 Å². The summed E-state index contributed by atoms with van der Waals surface area (Å²) in [6.45, 7) is 2.54. The van der Waals surface area contributed by atoms with E-state index in [0.29, 0.717) is 5.56 Å². The van der Waals surface area contributed by atoms with Crippen LogP contribution in [0.2, 0.25) is 0 Å². The number of pyridine rings is 2. The molecule has 6 heterocycles. The lowest BCUT2D eigenvalue weighted by Gasteiger charge is -2.34. The number of nitrogens with zero attached hydrogens (tertiary/aromatic N) is 8. The predicted octanol–water partition coefficient (Wildman–Crippen LogP) is 3.87. The van der Waals surface area contributed by atoms with Crippen molar-refractivity contribution < 1.29 is 4.79 Å². The number of likely N-dealkylation sites (N-methyl/N-ethyl adjacent to an activating group) is 1. The molecule has 0 N–H and O–H groups in total. The molecule has 4 aromatic rings. The van der Waals surface area contributed by atoms with Crippen molar-refractivity contribution >= 4 is 23.2 Å². The minimum absolute atomic E-state index is 0.0461. The number of hydrogen-bond donors (Lipinski definition) is 0. The Labute approximate surface area is 219 Å². The van der Waals surface area contributed by atoms with Gasteiger partial charge in [0.05, 0.1) is 35.6 Å². The van der Waals surface area contributed by atoms with E-state index in [1.54, 1.807) is 16.9 Å². The quantitative estimate of drug-likeness (QED) is 0.401. The standard InChI is InChI=1S/C27H28N8OS/c1-32-10-4-5-23(32)27(36)33-11-7-22(8-12-33)34-18-21(16-30-34)19-13-24(37-25-6-2-3-9-29-25)26-20(14-28)15-31-35(26)17-19/h2-3,6,9,13,15-18,22-23H,4-5,7-8,10-12H2,1H3/t23-/m1/s1. The lowest BCUT2D eigenvalue weighted by Crippen LogP contribution is -2.47. The van der Waals surface area contributed by atoms with Crippen molar-refractivity contribution in [1.82, 2.24) is 34.2 Å². The van der Waals surface area contributed by atoms with Gasteiger partial charge in [0, 0.05) is 47.7 Å². The van der Waals surface area contributed by atoms with Gasteiger partial charge >= 0.3 is 0 Å². The van der Waals surface area contributed by atoms with Crippen LogP contribution in [0.5, 0.6) is 0 Å². The van der Waals surface area contributed by atoms with Crippen molar-refractivity contribution in [3.05, 3.63) is 60.8 Å². The van der Waals surface area contributed by atoms with Crippen LogP contribution in [0.1, 0.15) is 37.3 Å². The number of piperidine rings is 1. The number of nitriles is 1. The van der Waals surface area contributed by atoms with Crippen molar-refractivity contribution in [2.24, 2.45) is 0 Å². The Morgan fingerprint density at radius 1 is 1.08 bits per heavy atom. The number of likely N-dealkylation sites (tertiary alicyclic amines) is 2. The van der Waals surface area contributed by atoms with Crippen LogP contribution in [0.4, 0.5) is 0 Å². The third-order valence-electron chi connectivity index (χ3n) is 7.44. The fourth-order valence-corrected chi connectivity index (χ4v) is 6.36. The van der Waals surface area contributed by atoms with Crippen LogP contribution >= 0.6 is 11.8 Å². The van der Waals surface area contributed by atoms with Crippen LogP contribution in [0.25, 0.3) is 16.6 Å². The number of carbonyl (C=O) groups is 1. The number of rotatable bonds is 5. The third kappa shape index (κ3) is 4.61. The highest BCUT2D eigenvalue weighted by Crippen LogP contribution is 2.35. The van der Waals surface area contributed by atoms with Gasteiger partial charge in [0.2, 0.25) is 5.91 Å². The molecule has 2 fully saturated rings. The summed E-state index contributed by atoms with van der Waals surface area (Å²) >= 11 is 1.52. The molecule has 10 heteroatoms. The van der Waals surface area contributed by atoms with Gasteiger partial charge in [0.15, 0.2) is 0 Å². The zero-order valence-corrected chi connectivity index (χ0v) is 21.5. The van der Waals surface area contributed by atoms with Crippen molar-refractivity contribution in [2.75, 3.05) is 26.7 Å². The molecule has 1 atom stereocenters. The Morgan fingerprint density at radius 3 is 2.68 bits per heavy atom. The van der Waals surface area contributed by atoms with Gasteiger partial charge in [0.25, 0.3) is 0 Å². The summed E-state index contributed by atoms with van der Waals surface area (Å²) < 4.78 is 3.80. The number of amides is 1. The Kier molecular flexibility index (Phi) is 6.40. The van der Waals surface area contributed by atoms with Crippen molar-refractivity contribution in [2.45, 2.75) is 47.7 Å². The Hall–Kier alpha value is -3.68. The maximum absolute atomic E-state index is 13.0. The largest absolute Gasteiger partial charge is 0.341 e. The van der Waals surface area contributed by atoms with Gasteiger partial charge in [-0.05, 0) is 57.5 Å². The second-order valence-electron chi connectivity index (χ2n) is 9.73. The molecule has 188 valence electrons. The first kappa shape index (κ1) is 23.7. The fourth-order valence-electron chi connectivity index (χ4n) is 5.39. The van der Waals surface area contributed by atoms with Gasteiger partial charge in [-0.25, -0.2) is 9.50 Å². The van der Waals surface area contributed by atoms with Crippen LogP contribution < -0.4 is 0 Å². The van der Waals surface area contributed by atoms with E-state index < -0.39 is 0 Å². The Balaban J connectivity index is 1.22. The third-order valence-corrected chi connectivity index (χ3v) is 8.42. The molecule has 6 rings (SSSR count). The van der Waals surface area contributed by atoms with Gasteiger partial charge in [-0.3, -0.25) is 14.4 Å². The maximum atomic E-state index is 13.0. The van der Waals surface area contributed by atoms with Crippen LogP contribution in [0.3, 0.4) is 0 Å². The number of aromatic nitrogens is 5. The monoisotopic (exact) mass is 512 g/mol. The Morgan fingerprint density at radius 2 is 1.95 bits per heavy atom. The summed E-state index contributed by atoms with van der Waals surface area (Å²) in [6.07, 6.45) is 13.1. The molecule has 1 amide bonds. The van der Waals surface area contributed by atoms with Crippen molar-refractivity contribution in [1.29, 1.82) is 5.26 Å². The first-order valence-corrected chi connectivity index (χ1v) is 13.5. The van der Waals surface area contributed by atoms with Crippen molar-refractivity contribution in [3.8, 4) is 17.2 Å². The molecular weight excluding hydrogens is 484 g/mol. The number of hydrogen-bond acceptors (Lipinski definition) is 7. The smallest absolute Gasteiger partial charge is 0.239 e. The summed E-state index contributed by atoms with van der Waals surface area (Å²) in [5, 5.41) is 19.6. The second kappa shape index (κ2) is 10.00. The van der Waals surface area contributed by atoms with E-state index in [2.05, 4.69) is 40.4 Å². The van der Waals surface area contributed by atoms with Crippen LogP contribution in [0, 0.1) is 11.3 Å². The molecule has 0 spiro atoms. The van der Waals surface area contributed by atoms with E-state index in [0.717, 1.165) is 71.9 Å². The normalized spacial score (nSPS) is 18.9. The molecule has 9 nitrogen and oxygen atoms in total. The van der Waals surface area contributed by atoms with E-state index in [4.69, 9.17) is 5.10 Å². The van der Waals surface area contributed by atoms with Gasteiger partial charge in [-0.2, -0.15) is 15.5 Å². The lowest BCUT2D eigenvalue weighted by atomic mass is 10.0. The summed E-state index contributed by atoms with van der Waals surface area (Å²) in [7, 11) is 2.05. The van der Waals surface area contributed by atoms with Crippen LogP contribution in [-0.4, -0.2) is 72.8 Å². The van der Waals surface area contributed by atoms with Gasteiger partial charge in [-0.15, -0.1) is 0 Å². The molecule has 0 aliphatic carbocycles. The van der Waals surface area contributed by atoms with E-state index in [9.17, 15) is 10.1 Å². The summed E-state index contributed by atoms with van der Waals surface area (Å²) in [6, 6.07) is 10.4. The summed E-state index contributed by atoms with van der Waals surface area (Å²) in [5.41, 5.74) is 3.27. The molecule has 37 heavy (non-hydrogen) atoms. The van der Waals surface area contributed by atoms with Crippen LogP contribution in [-0.2, 0) is 4.79 Å². The van der Waals surface area contributed by atoms with Crippen LogP contribution in [0.15, 0.2) is 65.2 Å². The Bertz CT molecular complexity index is 1460. The topological polar surface area (TPSA) is 95.3 Å². The highest BCUT2D eigenvalue weighted by atomic mass is 32.2. The van der Waals surface area contributed by atoms with E-state index in [-0.39, 0.29) is 18.0 Å². The molecule has 0 aromatic carbocycles.